The van der Waals surface area contributed by atoms with E-state index in [4.69, 9.17) is 9.47 Å². The number of para-hydroxylation sites is 1. The van der Waals surface area contributed by atoms with Gasteiger partial charge in [0, 0.05) is 37.4 Å². The molecule has 0 aromatic heterocycles. The Morgan fingerprint density at radius 3 is 2.31 bits per heavy atom. The molecule has 0 unspecified atom stereocenters. The first kappa shape index (κ1) is 16.3. The van der Waals surface area contributed by atoms with Gasteiger partial charge in [0.05, 0.1) is 0 Å². The van der Waals surface area contributed by atoms with E-state index in [1.54, 1.807) is 28.0 Å². The Morgan fingerprint density at radius 2 is 1.54 bits per heavy atom. The molecule has 7 nitrogen and oxygen atoms in total. The number of benzene rings is 2. The fourth-order valence-electron chi connectivity index (χ4n) is 3.05. The topological polar surface area (TPSA) is 71.1 Å². The molecule has 2 heterocycles. The molecule has 1 fully saturated rings. The number of nitrogens with one attached hydrogen (secondary N) is 1. The van der Waals surface area contributed by atoms with Crippen molar-refractivity contribution in [3.05, 3.63) is 54.1 Å². The minimum absolute atomic E-state index is 0.0635. The van der Waals surface area contributed by atoms with Crippen molar-refractivity contribution in [2.45, 2.75) is 0 Å². The zero-order chi connectivity index (χ0) is 17.9. The second-order valence-corrected chi connectivity index (χ2v) is 6.14. The number of piperazine rings is 1. The summed E-state index contributed by atoms with van der Waals surface area (Å²) in [4.78, 5) is 28.5. The standard InChI is InChI=1S/C19H19N3O4/c23-18(14-6-7-16-17(12-14)26-13-25-16)21-8-10-22(11-9-21)19(24)20-15-4-2-1-3-5-15/h1-7,12H,8-11,13H2,(H,20,24). The first-order valence-corrected chi connectivity index (χ1v) is 8.50. The van der Waals surface area contributed by atoms with E-state index in [-0.39, 0.29) is 18.7 Å². The van der Waals surface area contributed by atoms with Crippen molar-refractivity contribution in [1.29, 1.82) is 0 Å². The quantitative estimate of drug-likeness (QED) is 0.900. The monoisotopic (exact) mass is 353 g/mol. The predicted molar refractivity (Wildman–Crippen MR) is 95.5 cm³/mol. The van der Waals surface area contributed by atoms with E-state index in [2.05, 4.69) is 5.32 Å². The van der Waals surface area contributed by atoms with Crippen molar-refractivity contribution in [2.24, 2.45) is 0 Å². The Bertz CT molecular complexity index is 817. The fourth-order valence-corrected chi connectivity index (χ4v) is 3.05. The third kappa shape index (κ3) is 3.28. The second kappa shape index (κ2) is 6.95. The van der Waals surface area contributed by atoms with Gasteiger partial charge >= 0.3 is 6.03 Å². The Labute approximate surface area is 151 Å². The van der Waals surface area contributed by atoms with Crippen molar-refractivity contribution < 1.29 is 19.1 Å². The number of hydrogen-bond acceptors (Lipinski definition) is 4. The Kier molecular flexibility index (Phi) is 4.35. The lowest BCUT2D eigenvalue weighted by Crippen LogP contribution is -2.51. The van der Waals surface area contributed by atoms with Gasteiger partial charge in [-0.3, -0.25) is 4.79 Å². The maximum atomic E-state index is 12.7. The molecule has 0 bridgehead atoms. The van der Waals surface area contributed by atoms with Crippen LogP contribution >= 0.6 is 0 Å². The van der Waals surface area contributed by atoms with Gasteiger partial charge < -0.3 is 24.6 Å². The van der Waals surface area contributed by atoms with Gasteiger partial charge in [0.25, 0.3) is 5.91 Å². The smallest absolute Gasteiger partial charge is 0.321 e. The van der Waals surface area contributed by atoms with Crippen LogP contribution in [0.5, 0.6) is 11.5 Å². The van der Waals surface area contributed by atoms with Crippen LogP contribution in [0.1, 0.15) is 10.4 Å². The van der Waals surface area contributed by atoms with Crippen LogP contribution in [0.2, 0.25) is 0 Å². The van der Waals surface area contributed by atoms with E-state index in [9.17, 15) is 9.59 Å². The number of amides is 3. The number of nitrogens with zero attached hydrogens (tertiary/aromatic N) is 2. The minimum Gasteiger partial charge on any atom is -0.454 e. The molecular formula is C19H19N3O4. The van der Waals surface area contributed by atoms with Crippen LogP contribution in [0, 0.1) is 0 Å². The molecule has 134 valence electrons. The first-order chi connectivity index (χ1) is 12.7. The number of hydrogen-bond donors (Lipinski definition) is 1. The normalized spacial score (nSPS) is 15.7. The van der Waals surface area contributed by atoms with Crippen LogP contribution in [0.15, 0.2) is 48.5 Å². The number of carbonyl (C=O) groups is 2. The highest BCUT2D eigenvalue weighted by Gasteiger charge is 2.26. The molecule has 0 saturated carbocycles. The molecule has 0 aliphatic carbocycles. The number of anilines is 1. The highest BCUT2D eigenvalue weighted by atomic mass is 16.7. The molecule has 3 amide bonds. The summed E-state index contributed by atoms with van der Waals surface area (Å²) in [7, 11) is 0. The largest absolute Gasteiger partial charge is 0.454 e. The van der Waals surface area contributed by atoms with Crippen molar-refractivity contribution >= 4 is 17.6 Å². The van der Waals surface area contributed by atoms with Crippen LogP contribution in [-0.2, 0) is 0 Å². The Hall–Kier alpha value is -3.22. The lowest BCUT2D eigenvalue weighted by atomic mass is 10.1. The molecular weight excluding hydrogens is 334 g/mol. The van der Waals surface area contributed by atoms with E-state index in [1.165, 1.54) is 0 Å². The summed E-state index contributed by atoms with van der Waals surface area (Å²) < 4.78 is 10.6. The van der Waals surface area contributed by atoms with Gasteiger partial charge in [0.15, 0.2) is 11.5 Å². The summed E-state index contributed by atoms with van der Waals surface area (Å²) >= 11 is 0. The lowest BCUT2D eigenvalue weighted by molar-refractivity contribution is 0.0671. The maximum absolute atomic E-state index is 12.7. The average molecular weight is 353 g/mol. The molecule has 4 rings (SSSR count). The minimum atomic E-state index is -0.147. The van der Waals surface area contributed by atoms with Crippen LogP contribution < -0.4 is 14.8 Å². The maximum Gasteiger partial charge on any atom is 0.321 e. The molecule has 26 heavy (non-hydrogen) atoms. The zero-order valence-corrected chi connectivity index (χ0v) is 14.2. The third-order valence-corrected chi connectivity index (χ3v) is 4.50. The lowest BCUT2D eigenvalue weighted by Gasteiger charge is -2.34. The molecule has 7 heteroatoms. The second-order valence-electron chi connectivity index (χ2n) is 6.14. The molecule has 1 saturated heterocycles. The number of ether oxygens (including phenoxy) is 2. The molecule has 2 aromatic rings. The van der Waals surface area contributed by atoms with Crippen LogP contribution in [0.25, 0.3) is 0 Å². The molecule has 1 N–H and O–H groups in total. The molecule has 2 aliphatic rings. The molecule has 0 atom stereocenters. The number of rotatable bonds is 2. The van der Waals surface area contributed by atoms with E-state index >= 15 is 0 Å². The Morgan fingerprint density at radius 1 is 0.846 bits per heavy atom. The summed E-state index contributed by atoms with van der Waals surface area (Å²) in [6, 6.07) is 14.4. The van der Waals surface area contributed by atoms with Crippen molar-refractivity contribution in [1.82, 2.24) is 9.80 Å². The highest BCUT2D eigenvalue weighted by molar-refractivity contribution is 5.95. The third-order valence-electron chi connectivity index (χ3n) is 4.50. The van der Waals surface area contributed by atoms with Crippen LogP contribution in [0.4, 0.5) is 10.5 Å². The fraction of sp³-hybridized carbons (Fsp3) is 0.263. The number of carbonyl (C=O) groups excluding carboxylic acids is 2. The summed E-state index contributed by atoms with van der Waals surface area (Å²) in [6.07, 6.45) is 0. The van der Waals surface area contributed by atoms with Crippen molar-refractivity contribution in [3.8, 4) is 11.5 Å². The van der Waals surface area contributed by atoms with Crippen molar-refractivity contribution in [2.75, 3.05) is 38.3 Å². The van der Waals surface area contributed by atoms with Crippen LogP contribution in [-0.4, -0.2) is 54.7 Å². The average Bonchev–Trinajstić information content (AvgIpc) is 3.16. The summed E-state index contributed by atoms with van der Waals surface area (Å²) in [5, 5.41) is 2.87. The van der Waals surface area contributed by atoms with E-state index in [0.717, 1.165) is 5.69 Å². The van der Waals surface area contributed by atoms with Gasteiger partial charge in [0.2, 0.25) is 6.79 Å². The Balaban J connectivity index is 1.34. The predicted octanol–water partition coefficient (Wildman–Crippen LogP) is 2.41. The van der Waals surface area contributed by atoms with Gasteiger partial charge in [-0.2, -0.15) is 0 Å². The SMILES string of the molecule is O=C(Nc1ccccc1)N1CCN(C(=O)c2ccc3c(c2)OCO3)CC1. The molecule has 2 aromatic carbocycles. The highest BCUT2D eigenvalue weighted by Crippen LogP contribution is 2.32. The molecule has 2 aliphatic heterocycles. The number of urea groups is 1. The summed E-state index contributed by atoms with van der Waals surface area (Å²) in [6.45, 7) is 2.16. The molecule has 0 spiro atoms. The molecule has 0 radical (unpaired) electrons. The zero-order valence-electron chi connectivity index (χ0n) is 14.2. The van der Waals surface area contributed by atoms with Gasteiger partial charge in [-0.15, -0.1) is 0 Å². The van der Waals surface area contributed by atoms with Gasteiger partial charge in [-0.05, 0) is 30.3 Å². The van der Waals surface area contributed by atoms with Crippen molar-refractivity contribution in [3.63, 3.8) is 0 Å². The first-order valence-electron chi connectivity index (χ1n) is 8.50. The summed E-state index contributed by atoms with van der Waals surface area (Å²) in [5.41, 5.74) is 1.33. The van der Waals surface area contributed by atoms with Gasteiger partial charge in [-0.25, -0.2) is 4.79 Å². The number of fused-ring (bicyclic) bond motifs is 1. The van der Waals surface area contributed by atoms with Gasteiger partial charge in [-0.1, -0.05) is 18.2 Å². The van der Waals surface area contributed by atoms with E-state index in [1.807, 2.05) is 30.3 Å². The summed E-state index contributed by atoms with van der Waals surface area (Å²) in [5.74, 6) is 1.19. The van der Waals surface area contributed by atoms with E-state index in [0.29, 0.717) is 43.2 Å². The van der Waals surface area contributed by atoms with Crippen LogP contribution in [0.3, 0.4) is 0 Å². The van der Waals surface area contributed by atoms with E-state index < -0.39 is 0 Å². The van der Waals surface area contributed by atoms with Gasteiger partial charge in [0.1, 0.15) is 0 Å².